The topological polar surface area (TPSA) is 55.2 Å². The maximum absolute atomic E-state index is 12.9. The quantitative estimate of drug-likeness (QED) is 0.711. The fraction of sp³-hybridized carbons (Fsp3) is 0.286. The minimum absolute atomic E-state index is 0.0111. The average molecular weight is 347 g/mol. The summed E-state index contributed by atoms with van der Waals surface area (Å²) in [7, 11) is 1.78. The molecule has 132 valence electrons. The van der Waals surface area contributed by atoms with E-state index >= 15 is 0 Å². The van der Waals surface area contributed by atoms with Gasteiger partial charge < -0.3 is 4.90 Å². The molecule has 1 heterocycles. The van der Waals surface area contributed by atoms with Gasteiger partial charge in [0.1, 0.15) is 5.82 Å². The predicted octanol–water partition coefficient (Wildman–Crippen LogP) is 3.33. The number of carbonyl (C=O) groups excluding carboxylic acids is 1. The Morgan fingerprint density at radius 2 is 1.81 bits per heavy atom. The van der Waals surface area contributed by atoms with Crippen LogP contribution in [0.5, 0.6) is 0 Å². The zero-order valence-electron chi connectivity index (χ0n) is 14.8. The normalized spacial score (nSPS) is 13.7. The van der Waals surface area contributed by atoms with Crippen LogP contribution >= 0.6 is 0 Å². The smallest absolute Gasteiger partial charge is 0.261 e. The van der Waals surface area contributed by atoms with E-state index in [1.807, 2.05) is 54.6 Å². The number of hydrogen-bond acceptors (Lipinski definition) is 3. The van der Waals surface area contributed by atoms with Crippen molar-refractivity contribution in [2.24, 2.45) is 0 Å². The Balaban J connectivity index is 1.60. The van der Waals surface area contributed by atoms with Gasteiger partial charge in [-0.05, 0) is 37.1 Å². The zero-order chi connectivity index (χ0) is 18.1. The molecule has 0 bridgehead atoms. The van der Waals surface area contributed by atoms with E-state index in [1.54, 1.807) is 16.5 Å². The van der Waals surface area contributed by atoms with Crippen LogP contribution in [0.1, 0.15) is 31.1 Å². The molecule has 1 aliphatic carbocycles. The minimum atomic E-state index is 0.0111. The van der Waals surface area contributed by atoms with E-state index < -0.39 is 0 Å². The van der Waals surface area contributed by atoms with Gasteiger partial charge in [0.15, 0.2) is 0 Å². The number of anilines is 1. The molecule has 1 aliphatic rings. The highest BCUT2D eigenvalue weighted by Crippen LogP contribution is 2.35. The largest absolute Gasteiger partial charge is 0.315 e. The number of aromatic nitrogens is 2. The number of carbonyl (C=O) groups is 1. The summed E-state index contributed by atoms with van der Waals surface area (Å²) < 4.78 is 1.80. The van der Waals surface area contributed by atoms with Crippen LogP contribution in [-0.4, -0.2) is 22.5 Å². The van der Waals surface area contributed by atoms with Crippen LogP contribution in [0, 0.1) is 0 Å². The Kier molecular flexibility index (Phi) is 4.29. The average Bonchev–Trinajstić information content (AvgIpc) is 3.51. The number of benzene rings is 2. The van der Waals surface area contributed by atoms with Crippen molar-refractivity contribution in [1.29, 1.82) is 0 Å². The fourth-order valence-corrected chi connectivity index (χ4v) is 3.26. The number of rotatable bonds is 5. The van der Waals surface area contributed by atoms with Gasteiger partial charge in [-0.3, -0.25) is 14.2 Å². The molecule has 2 aromatic carbocycles. The van der Waals surface area contributed by atoms with Gasteiger partial charge in [0.05, 0.1) is 10.9 Å². The molecular formula is C21H21N3O2. The van der Waals surface area contributed by atoms with E-state index in [1.165, 1.54) is 0 Å². The van der Waals surface area contributed by atoms with Gasteiger partial charge in [-0.25, -0.2) is 4.98 Å². The lowest BCUT2D eigenvalue weighted by atomic mass is 10.2. The Morgan fingerprint density at radius 3 is 2.54 bits per heavy atom. The summed E-state index contributed by atoms with van der Waals surface area (Å²) >= 11 is 0. The summed E-state index contributed by atoms with van der Waals surface area (Å²) in [6.07, 6.45) is 2.80. The third-order valence-corrected chi connectivity index (χ3v) is 4.87. The van der Waals surface area contributed by atoms with Crippen LogP contribution in [0.2, 0.25) is 0 Å². The van der Waals surface area contributed by atoms with Crippen molar-refractivity contribution in [2.75, 3.05) is 11.9 Å². The summed E-state index contributed by atoms with van der Waals surface area (Å²) in [5.41, 5.74) is 1.58. The molecule has 0 radical (unpaired) electrons. The van der Waals surface area contributed by atoms with E-state index in [9.17, 15) is 9.59 Å². The molecule has 0 unspecified atom stereocenters. The molecule has 0 saturated heterocycles. The first-order chi connectivity index (χ1) is 12.6. The number of para-hydroxylation sites is 2. The number of amides is 1. The van der Waals surface area contributed by atoms with E-state index in [0.29, 0.717) is 29.6 Å². The maximum Gasteiger partial charge on any atom is 0.261 e. The van der Waals surface area contributed by atoms with E-state index in [2.05, 4.69) is 0 Å². The van der Waals surface area contributed by atoms with E-state index in [4.69, 9.17) is 4.98 Å². The molecule has 0 N–H and O–H groups in total. The SMILES string of the molecule is CN(C(=O)CCc1nc2ccccc2c(=O)n1C1CC1)c1ccccc1. The first kappa shape index (κ1) is 16.5. The van der Waals surface area contributed by atoms with Crippen molar-refractivity contribution in [3.8, 4) is 0 Å². The number of hydrogen-bond donors (Lipinski definition) is 0. The second-order valence-electron chi connectivity index (χ2n) is 6.74. The molecule has 3 aromatic rings. The highest BCUT2D eigenvalue weighted by Gasteiger charge is 2.28. The van der Waals surface area contributed by atoms with Gasteiger partial charge in [0.25, 0.3) is 5.56 Å². The minimum Gasteiger partial charge on any atom is -0.315 e. The summed E-state index contributed by atoms with van der Waals surface area (Å²) in [5, 5.41) is 0.649. The first-order valence-electron chi connectivity index (χ1n) is 8.97. The molecule has 5 nitrogen and oxygen atoms in total. The molecule has 1 amide bonds. The van der Waals surface area contributed by atoms with Gasteiger partial charge in [-0.2, -0.15) is 0 Å². The van der Waals surface area contributed by atoms with Crippen LogP contribution in [0.4, 0.5) is 5.69 Å². The maximum atomic E-state index is 12.9. The number of aryl methyl sites for hydroxylation is 1. The van der Waals surface area contributed by atoms with Gasteiger partial charge in [-0.1, -0.05) is 30.3 Å². The van der Waals surface area contributed by atoms with Gasteiger partial charge in [0.2, 0.25) is 5.91 Å². The summed E-state index contributed by atoms with van der Waals surface area (Å²) in [6.45, 7) is 0. The van der Waals surface area contributed by atoms with Gasteiger partial charge in [0, 0.05) is 31.6 Å². The van der Waals surface area contributed by atoms with E-state index in [-0.39, 0.29) is 17.5 Å². The Bertz CT molecular complexity index is 1010. The summed E-state index contributed by atoms with van der Waals surface area (Å²) in [6, 6.07) is 17.2. The molecule has 26 heavy (non-hydrogen) atoms. The summed E-state index contributed by atoms with van der Waals surface area (Å²) in [4.78, 5) is 31.8. The molecular weight excluding hydrogens is 326 g/mol. The zero-order valence-corrected chi connectivity index (χ0v) is 14.8. The molecule has 1 saturated carbocycles. The van der Waals surface area contributed by atoms with Crippen LogP contribution in [0.25, 0.3) is 10.9 Å². The third kappa shape index (κ3) is 3.12. The van der Waals surface area contributed by atoms with Crippen molar-refractivity contribution in [2.45, 2.75) is 31.7 Å². The lowest BCUT2D eigenvalue weighted by molar-refractivity contribution is -0.118. The fourth-order valence-electron chi connectivity index (χ4n) is 3.26. The molecule has 0 spiro atoms. The predicted molar refractivity (Wildman–Crippen MR) is 102 cm³/mol. The van der Waals surface area contributed by atoms with Crippen LogP contribution in [0.15, 0.2) is 59.4 Å². The van der Waals surface area contributed by atoms with Crippen molar-refractivity contribution in [3.05, 3.63) is 70.8 Å². The van der Waals surface area contributed by atoms with Crippen LogP contribution < -0.4 is 10.5 Å². The Morgan fingerprint density at radius 1 is 1.12 bits per heavy atom. The second kappa shape index (κ2) is 6.75. The standard InChI is InChI=1S/C21H21N3O2/c1-23(15-7-3-2-4-8-15)20(25)14-13-19-22-18-10-6-5-9-17(18)21(26)24(19)16-11-12-16/h2-10,16H,11-14H2,1H3. The second-order valence-corrected chi connectivity index (χ2v) is 6.74. The van der Waals surface area contributed by atoms with Crippen LogP contribution in [-0.2, 0) is 11.2 Å². The van der Waals surface area contributed by atoms with Crippen molar-refractivity contribution in [1.82, 2.24) is 9.55 Å². The van der Waals surface area contributed by atoms with Crippen molar-refractivity contribution >= 4 is 22.5 Å². The Labute approximate surface area is 151 Å². The lowest BCUT2D eigenvalue weighted by Crippen LogP contribution is -2.29. The monoisotopic (exact) mass is 347 g/mol. The van der Waals surface area contributed by atoms with Crippen LogP contribution in [0.3, 0.4) is 0 Å². The first-order valence-corrected chi connectivity index (χ1v) is 8.97. The molecule has 4 rings (SSSR count). The van der Waals surface area contributed by atoms with Crippen molar-refractivity contribution < 1.29 is 4.79 Å². The molecule has 1 fully saturated rings. The molecule has 0 aliphatic heterocycles. The third-order valence-electron chi connectivity index (χ3n) is 4.87. The Hall–Kier alpha value is -2.95. The number of fused-ring (bicyclic) bond motifs is 1. The highest BCUT2D eigenvalue weighted by molar-refractivity contribution is 5.92. The molecule has 5 heteroatoms. The highest BCUT2D eigenvalue weighted by atomic mass is 16.2. The van der Waals surface area contributed by atoms with E-state index in [0.717, 1.165) is 18.5 Å². The lowest BCUT2D eigenvalue weighted by Gasteiger charge is -2.18. The molecule has 0 atom stereocenters. The van der Waals surface area contributed by atoms with Gasteiger partial charge in [-0.15, -0.1) is 0 Å². The van der Waals surface area contributed by atoms with Crippen molar-refractivity contribution in [3.63, 3.8) is 0 Å². The summed E-state index contributed by atoms with van der Waals surface area (Å²) in [5.74, 6) is 0.729. The number of nitrogens with zero attached hydrogens (tertiary/aromatic N) is 3. The molecule has 1 aromatic heterocycles. The van der Waals surface area contributed by atoms with Gasteiger partial charge >= 0.3 is 0 Å².